The standard InChI is InChI=1S/C20H21N3OS/c24-19(16-6-2-1-3-7-16)23-12-10-15(11-13-23)14-21-20-22-17-8-4-5-9-18(17)25-20/h1-9,15H,10-14H2,(H,21,22). The minimum atomic E-state index is 0.151. The average Bonchev–Trinajstić information content (AvgIpc) is 3.10. The summed E-state index contributed by atoms with van der Waals surface area (Å²) >= 11 is 1.70. The molecule has 25 heavy (non-hydrogen) atoms. The van der Waals surface area contributed by atoms with Gasteiger partial charge in [0, 0.05) is 25.2 Å². The van der Waals surface area contributed by atoms with Crippen molar-refractivity contribution in [2.45, 2.75) is 12.8 Å². The number of hydrogen-bond donors (Lipinski definition) is 1. The Morgan fingerprint density at radius 3 is 2.56 bits per heavy atom. The van der Waals surface area contributed by atoms with Gasteiger partial charge in [-0.05, 0) is 43.0 Å². The zero-order valence-electron chi connectivity index (χ0n) is 14.0. The molecule has 1 amide bonds. The van der Waals surface area contributed by atoms with Gasteiger partial charge in [-0.25, -0.2) is 4.98 Å². The summed E-state index contributed by atoms with van der Waals surface area (Å²) < 4.78 is 1.22. The molecule has 0 spiro atoms. The summed E-state index contributed by atoms with van der Waals surface area (Å²) in [7, 11) is 0. The van der Waals surface area contributed by atoms with Gasteiger partial charge in [0.2, 0.25) is 0 Å². The van der Waals surface area contributed by atoms with Gasteiger partial charge in [-0.1, -0.05) is 41.7 Å². The van der Waals surface area contributed by atoms with Crippen LogP contribution in [0.15, 0.2) is 54.6 Å². The molecule has 1 fully saturated rings. The van der Waals surface area contributed by atoms with Crippen molar-refractivity contribution in [1.82, 2.24) is 9.88 Å². The van der Waals surface area contributed by atoms with Crippen molar-refractivity contribution in [2.75, 3.05) is 25.0 Å². The molecule has 1 N–H and O–H groups in total. The predicted molar refractivity (Wildman–Crippen MR) is 103 cm³/mol. The molecule has 128 valence electrons. The Kier molecular flexibility index (Phi) is 4.65. The summed E-state index contributed by atoms with van der Waals surface area (Å²) in [6.45, 7) is 2.59. The number of rotatable bonds is 4. The molecule has 4 nitrogen and oxygen atoms in total. The monoisotopic (exact) mass is 351 g/mol. The average molecular weight is 351 g/mol. The third-order valence-electron chi connectivity index (χ3n) is 4.76. The van der Waals surface area contributed by atoms with E-state index in [2.05, 4.69) is 16.4 Å². The van der Waals surface area contributed by atoms with Gasteiger partial charge in [0.25, 0.3) is 5.91 Å². The van der Waals surface area contributed by atoms with Crippen LogP contribution in [0.5, 0.6) is 0 Å². The number of anilines is 1. The third-order valence-corrected chi connectivity index (χ3v) is 5.75. The number of nitrogens with one attached hydrogen (secondary N) is 1. The van der Waals surface area contributed by atoms with Crippen molar-refractivity contribution in [3.63, 3.8) is 0 Å². The van der Waals surface area contributed by atoms with Crippen LogP contribution in [0.3, 0.4) is 0 Å². The molecule has 0 bridgehead atoms. The Bertz CT molecular complexity index is 821. The fourth-order valence-corrected chi connectivity index (χ4v) is 4.16. The summed E-state index contributed by atoms with van der Waals surface area (Å²) in [5, 5.41) is 4.47. The lowest BCUT2D eigenvalue weighted by molar-refractivity contribution is 0.0695. The van der Waals surface area contributed by atoms with Crippen molar-refractivity contribution in [1.29, 1.82) is 0 Å². The van der Waals surface area contributed by atoms with Crippen molar-refractivity contribution in [3.8, 4) is 0 Å². The van der Waals surface area contributed by atoms with E-state index in [-0.39, 0.29) is 5.91 Å². The molecule has 1 aromatic heterocycles. The first kappa shape index (κ1) is 16.1. The maximum atomic E-state index is 12.5. The molecule has 0 unspecified atom stereocenters. The van der Waals surface area contributed by atoms with Crippen LogP contribution < -0.4 is 5.32 Å². The highest BCUT2D eigenvalue weighted by molar-refractivity contribution is 7.22. The number of aromatic nitrogens is 1. The lowest BCUT2D eigenvalue weighted by atomic mass is 9.96. The SMILES string of the molecule is O=C(c1ccccc1)N1CCC(CNc2nc3ccccc3s2)CC1. The number of fused-ring (bicyclic) bond motifs is 1. The highest BCUT2D eigenvalue weighted by Crippen LogP contribution is 2.26. The van der Waals surface area contributed by atoms with Gasteiger partial charge < -0.3 is 10.2 Å². The second kappa shape index (κ2) is 7.23. The fourth-order valence-electron chi connectivity index (χ4n) is 3.28. The number of benzene rings is 2. The Labute approximate surface area is 151 Å². The van der Waals surface area contributed by atoms with E-state index in [0.29, 0.717) is 5.92 Å². The molecule has 0 radical (unpaired) electrons. The smallest absolute Gasteiger partial charge is 0.253 e. The highest BCUT2D eigenvalue weighted by Gasteiger charge is 2.23. The van der Waals surface area contributed by atoms with Crippen LogP contribution in [0.25, 0.3) is 10.2 Å². The first-order valence-electron chi connectivity index (χ1n) is 8.73. The second-order valence-corrected chi connectivity index (χ2v) is 7.50. The fraction of sp³-hybridized carbons (Fsp3) is 0.300. The molecule has 1 aliphatic rings. The van der Waals surface area contributed by atoms with Crippen molar-refractivity contribution >= 4 is 32.6 Å². The first-order valence-corrected chi connectivity index (χ1v) is 9.55. The first-order chi connectivity index (χ1) is 12.3. The van der Waals surface area contributed by atoms with Crippen LogP contribution >= 0.6 is 11.3 Å². The summed E-state index contributed by atoms with van der Waals surface area (Å²) in [6.07, 6.45) is 2.08. The summed E-state index contributed by atoms with van der Waals surface area (Å²) in [6, 6.07) is 17.8. The number of likely N-dealkylation sites (tertiary alicyclic amines) is 1. The lowest BCUT2D eigenvalue weighted by Crippen LogP contribution is -2.39. The molecule has 5 heteroatoms. The normalized spacial score (nSPS) is 15.4. The van der Waals surface area contributed by atoms with E-state index in [4.69, 9.17) is 0 Å². The Morgan fingerprint density at radius 1 is 1.08 bits per heavy atom. The van der Waals surface area contributed by atoms with Gasteiger partial charge in [0.15, 0.2) is 5.13 Å². The number of carbonyl (C=O) groups is 1. The Morgan fingerprint density at radius 2 is 1.80 bits per heavy atom. The van der Waals surface area contributed by atoms with Gasteiger partial charge >= 0.3 is 0 Å². The van der Waals surface area contributed by atoms with E-state index in [1.807, 2.05) is 53.4 Å². The zero-order valence-corrected chi connectivity index (χ0v) is 14.8. The zero-order chi connectivity index (χ0) is 17.1. The second-order valence-electron chi connectivity index (χ2n) is 6.47. The maximum absolute atomic E-state index is 12.5. The highest BCUT2D eigenvalue weighted by atomic mass is 32.1. The lowest BCUT2D eigenvalue weighted by Gasteiger charge is -2.32. The molecule has 2 aromatic carbocycles. The maximum Gasteiger partial charge on any atom is 0.253 e. The quantitative estimate of drug-likeness (QED) is 0.764. The Balaban J connectivity index is 1.29. The summed E-state index contributed by atoms with van der Waals surface area (Å²) in [4.78, 5) is 19.1. The summed E-state index contributed by atoms with van der Waals surface area (Å²) in [5.41, 5.74) is 1.84. The van der Waals surface area contributed by atoms with E-state index >= 15 is 0 Å². The number of hydrogen-bond acceptors (Lipinski definition) is 4. The van der Waals surface area contributed by atoms with Gasteiger partial charge in [-0.3, -0.25) is 4.79 Å². The van der Waals surface area contributed by atoms with Crippen LogP contribution in [-0.2, 0) is 0 Å². The van der Waals surface area contributed by atoms with E-state index < -0.39 is 0 Å². The van der Waals surface area contributed by atoms with Crippen LogP contribution in [0, 0.1) is 5.92 Å². The molecule has 2 heterocycles. The molecule has 4 rings (SSSR count). The van der Waals surface area contributed by atoms with Gasteiger partial charge in [-0.15, -0.1) is 0 Å². The Hall–Kier alpha value is -2.40. The molecular weight excluding hydrogens is 330 g/mol. The van der Waals surface area contributed by atoms with Crippen molar-refractivity contribution < 1.29 is 4.79 Å². The largest absolute Gasteiger partial charge is 0.361 e. The number of amides is 1. The van der Waals surface area contributed by atoms with Crippen molar-refractivity contribution in [2.24, 2.45) is 5.92 Å². The minimum Gasteiger partial charge on any atom is -0.361 e. The molecule has 3 aromatic rings. The van der Waals surface area contributed by atoms with Crippen LogP contribution in [-0.4, -0.2) is 35.4 Å². The van der Waals surface area contributed by atoms with Crippen LogP contribution in [0.4, 0.5) is 5.13 Å². The topological polar surface area (TPSA) is 45.2 Å². The van der Waals surface area contributed by atoms with E-state index in [1.54, 1.807) is 11.3 Å². The molecule has 1 aliphatic heterocycles. The molecule has 0 atom stereocenters. The molecule has 0 aliphatic carbocycles. The number of carbonyl (C=O) groups excluding carboxylic acids is 1. The van der Waals surface area contributed by atoms with Crippen molar-refractivity contribution in [3.05, 3.63) is 60.2 Å². The van der Waals surface area contributed by atoms with Crippen LogP contribution in [0.1, 0.15) is 23.2 Å². The minimum absolute atomic E-state index is 0.151. The molecule has 0 saturated carbocycles. The summed E-state index contributed by atoms with van der Waals surface area (Å²) in [5.74, 6) is 0.741. The number of piperidine rings is 1. The van der Waals surface area contributed by atoms with Gasteiger partial charge in [-0.2, -0.15) is 0 Å². The van der Waals surface area contributed by atoms with E-state index in [9.17, 15) is 4.79 Å². The van der Waals surface area contributed by atoms with E-state index in [1.165, 1.54) is 4.70 Å². The molecule has 1 saturated heterocycles. The van der Waals surface area contributed by atoms with Gasteiger partial charge in [0.1, 0.15) is 0 Å². The van der Waals surface area contributed by atoms with Gasteiger partial charge in [0.05, 0.1) is 10.2 Å². The number of para-hydroxylation sites is 1. The number of nitrogens with zero attached hydrogens (tertiary/aromatic N) is 2. The van der Waals surface area contributed by atoms with E-state index in [0.717, 1.165) is 48.7 Å². The van der Waals surface area contributed by atoms with Crippen LogP contribution in [0.2, 0.25) is 0 Å². The molecular formula is C20H21N3OS. The predicted octanol–water partition coefficient (Wildman–Crippen LogP) is 4.26. The third kappa shape index (κ3) is 3.66. The number of thiazole rings is 1.